The van der Waals surface area contributed by atoms with Crippen molar-refractivity contribution in [2.75, 3.05) is 38.8 Å². The summed E-state index contributed by atoms with van der Waals surface area (Å²) in [5.41, 5.74) is 0.618. The highest BCUT2D eigenvalue weighted by Gasteiger charge is 2.07. The van der Waals surface area contributed by atoms with E-state index in [0.717, 1.165) is 25.1 Å². The molecule has 1 heterocycles. The minimum Gasteiger partial charge on any atom is -0.383 e. The topological polar surface area (TPSA) is 65.4 Å². The van der Waals surface area contributed by atoms with Crippen LogP contribution in [-0.4, -0.2) is 43.3 Å². The van der Waals surface area contributed by atoms with Gasteiger partial charge in [-0.05, 0) is 28.8 Å². The maximum absolute atomic E-state index is 12.0. The van der Waals surface area contributed by atoms with Crippen molar-refractivity contribution in [3.05, 3.63) is 21.0 Å². The summed E-state index contributed by atoms with van der Waals surface area (Å²) in [5, 5.41) is 7.31. The molecule has 0 saturated carbocycles. The Morgan fingerprint density at radius 2 is 2.20 bits per heavy atom. The van der Waals surface area contributed by atoms with Gasteiger partial charge in [0.25, 0.3) is 5.56 Å². The Kier molecular flexibility index (Phi) is 8.48. The lowest BCUT2D eigenvalue weighted by molar-refractivity contribution is 0.0705. The van der Waals surface area contributed by atoms with Crippen LogP contribution in [0.15, 0.2) is 15.5 Å². The zero-order valence-corrected chi connectivity index (χ0v) is 13.6. The second-order valence-electron chi connectivity index (χ2n) is 4.29. The molecular weight excluding hydrogens is 326 g/mol. The first-order chi connectivity index (χ1) is 9.70. The van der Waals surface area contributed by atoms with Gasteiger partial charge in [-0.1, -0.05) is 6.92 Å². The molecule has 114 valence electrons. The van der Waals surface area contributed by atoms with Crippen LogP contribution in [0.2, 0.25) is 0 Å². The van der Waals surface area contributed by atoms with Crippen LogP contribution in [-0.2, 0) is 16.0 Å². The van der Waals surface area contributed by atoms with Crippen molar-refractivity contribution in [1.29, 1.82) is 0 Å². The van der Waals surface area contributed by atoms with Crippen LogP contribution < -0.4 is 10.9 Å². The van der Waals surface area contributed by atoms with E-state index in [1.807, 2.05) is 6.92 Å². The van der Waals surface area contributed by atoms with Gasteiger partial charge in [-0.2, -0.15) is 5.10 Å². The molecule has 0 aromatic carbocycles. The van der Waals surface area contributed by atoms with Crippen LogP contribution in [0.5, 0.6) is 0 Å². The zero-order chi connectivity index (χ0) is 14.8. The van der Waals surface area contributed by atoms with E-state index in [0.29, 0.717) is 30.8 Å². The second kappa shape index (κ2) is 9.90. The van der Waals surface area contributed by atoms with Crippen molar-refractivity contribution in [1.82, 2.24) is 9.78 Å². The molecule has 6 nitrogen and oxygen atoms in total. The van der Waals surface area contributed by atoms with Crippen LogP contribution >= 0.6 is 15.9 Å². The lowest BCUT2D eigenvalue weighted by Crippen LogP contribution is -2.24. The van der Waals surface area contributed by atoms with E-state index in [1.165, 1.54) is 4.68 Å². The maximum Gasteiger partial charge on any atom is 0.283 e. The van der Waals surface area contributed by atoms with Crippen molar-refractivity contribution in [2.24, 2.45) is 0 Å². The molecule has 0 fully saturated rings. The van der Waals surface area contributed by atoms with E-state index in [9.17, 15) is 4.79 Å². The first-order valence-corrected chi connectivity index (χ1v) is 7.56. The van der Waals surface area contributed by atoms with Gasteiger partial charge in [-0.25, -0.2) is 4.68 Å². The summed E-state index contributed by atoms with van der Waals surface area (Å²) < 4.78 is 12.2. The van der Waals surface area contributed by atoms with Gasteiger partial charge >= 0.3 is 0 Å². The largest absolute Gasteiger partial charge is 0.383 e. The number of nitrogens with one attached hydrogen (secondary N) is 1. The summed E-state index contributed by atoms with van der Waals surface area (Å²) in [5.74, 6) is 0. The predicted molar refractivity (Wildman–Crippen MR) is 82.3 cm³/mol. The monoisotopic (exact) mass is 347 g/mol. The lowest BCUT2D eigenvalue weighted by Gasteiger charge is -2.10. The molecular formula is C13H22BrN3O3. The van der Waals surface area contributed by atoms with Crippen LogP contribution in [0.1, 0.15) is 19.8 Å². The number of aryl methyl sites for hydroxylation is 1. The van der Waals surface area contributed by atoms with Crippen molar-refractivity contribution < 1.29 is 9.47 Å². The van der Waals surface area contributed by atoms with Crippen LogP contribution in [0.3, 0.4) is 0 Å². The molecule has 0 saturated heterocycles. The number of methoxy groups -OCH3 is 1. The molecule has 0 aliphatic rings. The van der Waals surface area contributed by atoms with Crippen LogP contribution in [0, 0.1) is 0 Å². The fourth-order valence-corrected chi connectivity index (χ4v) is 2.05. The minimum atomic E-state index is -0.104. The predicted octanol–water partition coefficient (Wildman–Crippen LogP) is 1.88. The molecule has 0 bridgehead atoms. The smallest absolute Gasteiger partial charge is 0.283 e. The van der Waals surface area contributed by atoms with Gasteiger partial charge < -0.3 is 14.8 Å². The molecule has 7 heteroatoms. The third kappa shape index (κ3) is 5.60. The Bertz CT molecular complexity index is 451. The lowest BCUT2D eigenvalue weighted by atomic mass is 10.4. The van der Waals surface area contributed by atoms with Crippen molar-refractivity contribution >= 4 is 21.6 Å². The van der Waals surface area contributed by atoms with Gasteiger partial charge in [0.1, 0.15) is 4.47 Å². The first kappa shape index (κ1) is 17.1. The van der Waals surface area contributed by atoms with Crippen LogP contribution in [0.25, 0.3) is 0 Å². The van der Waals surface area contributed by atoms with E-state index in [-0.39, 0.29) is 5.56 Å². The number of anilines is 1. The van der Waals surface area contributed by atoms with Gasteiger partial charge in [0.05, 0.1) is 25.1 Å². The van der Waals surface area contributed by atoms with Gasteiger partial charge in [-0.15, -0.1) is 0 Å². The highest BCUT2D eigenvalue weighted by Crippen LogP contribution is 2.15. The molecule has 0 aliphatic carbocycles. The Morgan fingerprint density at radius 3 is 2.90 bits per heavy atom. The number of hydrogen-bond donors (Lipinski definition) is 1. The summed E-state index contributed by atoms with van der Waals surface area (Å²) in [4.78, 5) is 12.0. The van der Waals surface area contributed by atoms with E-state index in [2.05, 4.69) is 26.3 Å². The van der Waals surface area contributed by atoms with E-state index in [4.69, 9.17) is 9.47 Å². The zero-order valence-electron chi connectivity index (χ0n) is 12.0. The Labute approximate surface area is 127 Å². The molecule has 0 atom stereocenters. The van der Waals surface area contributed by atoms with E-state index >= 15 is 0 Å². The van der Waals surface area contributed by atoms with Crippen molar-refractivity contribution in [3.8, 4) is 0 Å². The van der Waals surface area contributed by atoms with Crippen molar-refractivity contribution in [3.63, 3.8) is 0 Å². The summed E-state index contributed by atoms with van der Waals surface area (Å²) in [7, 11) is 1.65. The summed E-state index contributed by atoms with van der Waals surface area (Å²) in [6.07, 6.45) is 3.41. The molecule has 1 aromatic rings. The van der Waals surface area contributed by atoms with E-state index < -0.39 is 0 Å². The highest BCUT2D eigenvalue weighted by molar-refractivity contribution is 9.10. The molecule has 1 rings (SSSR count). The molecule has 0 spiro atoms. The van der Waals surface area contributed by atoms with E-state index in [1.54, 1.807) is 13.3 Å². The average molecular weight is 348 g/mol. The van der Waals surface area contributed by atoms with Crippen LogP contribution in [0.4, 0.5) is 5.69 Å². The number of aromatic nitrogens is 2. The second-order valence-corrected chi connectivity index (χ2v) is 5.08. The summed E-state index contributed by atoms with van der Waals surface area (Å²) >= 11 is 3.32. The molecule has 0 aliphatic heterocycles. The number of nitrogens with zero attached hydrogens (tertiary/aromatic N) is 2. The van der Waals surface area contributed by atoms with Gasteiger partial charge in [0.15, 0.2) is 0 Å². The molecule has 0 unspecified atom stereocenters. The Balaban J connectivity index is 2.37. The number of hydrogen-bond acceptors (Lipinski definition) is 5. The third-order valence-corrected chi connectivity index (χ3v) is 3.40. The molecule has 20 heavy (non-hydrogen) atoms. The molecule has 1 N–H and O–H groups in total. The highest BCUT2D eigenvalue weighted by atomic mass is 79.9. The average Bonchev–Trinajstić information content (AvgIpc) is 2.45. The Morgan fingerprint density at radius 1 is 1.40 bits per heavy atom. The number of halogens is 1. The van der Waals surface area contributed by atoms with Gasteiger partial charge in [0, 0.05) is 26.8 Å². The summed E-state index contributed by atoms with van der Waals surface area (Å²) in [6, 6.07) is 0. The molecule has 1 aromatic heterocycles. The third-order valence-electron chi connectivity index (χ3n) is 2.63. The normalized spacial score (nSPS) is 10.8. The molecule has 0 amide bonds. The van der Waals surface area contributed by atoms with Gasteiger partial charge in [0.2, 0.25) is 0 Å². The minimum absolute atomic E-state index is 0.104. The first-order valence-electron chi connectivity index (χ1n) is 6.76. The Hall–Kier alpha value is -0.920. The number of rotatable bonds is 10. The fourth-order valence-electron chi connectivity index (χ4n) is 1.60. The standard InChI is InChI=1S/C13H22BrN3O3/c1-3-6-17-13(18)12(14)11(10-16-17)15-5-4-7-20-9-8-19-2/h10,15H,3-9H2,1-2H3. The number of ether oxygens (including phenoxy) is 2. The maximum atomic E-state index is 12.0. The molecule has 0 radical (unpaired) electrons. The summed E-state index contributed by atoms with van der Waals surface area (Å²) in [6.45, 7) is 5.25. The fraction of sp³-hybridized carbons (Fsp3) is 0.692. The van der Waals surface area contributed by atoms with Gasteiger partial charge in [-0.3, -0.25) is 4.79 Å². The van der Waals surface area contributed by atoms with Crippen molar-refractivity contribution in [2.45, 2.75) is 26.3 Å². The SMILES string of the molecule is CCCn1ncc(NCCCOCCOC)c(Br)c1=O. The quantitative estimate of drug-likeness (QED) is 0.654.